The van der Waals surface area contributed by atoms with Gasteiger partial charge in [0.1, 0.15) is 5.60 Å². The Hall–Kier alpha value is -1.76. The van der Waals surface area contributed by atoms with Crippen LogP contribution in [0.25, 0.3) is 0 Å². The third-order valence-electron chi connectivity index (χ3n) is 3.98. The van der Waals surface area contributed by atoms with E-state index in [4.69, 9.17) is 10.5 Å². The second-order valence-corrected chi connectivity index (χ2v) is 7.11. The number of rotatable bonds is 1. The van der Waals surface area contributed by atoms with Crippen molar-refractivity contribution < 1.29 is 22.7 Å². The van der Waals surface area contributed by atoms with E-state index in [0.717, 1.165) is 17.7 Å². The Morgan fingerprint density at radius 2 is 1.79 bits per heavy atom. The van der Waals surface area contributed by atoms with Gasteiger partial charge in [-0.15, -0.1) is 0 Å². The Balaban J connectivity index is 2.02. The predicted octanol–water partition coefficient (Wildman–Crippen LogP) is 3.76. The van der Waals surface area contributed by atoms with Crippen LogP contribution in [0.2, 0.25) is 0 Å². The van der Waals surface area contributed by atoms with Crippen molar-refractivity contribution >= 4 is 6.09 Å². The first-order chi connectivity index (χ1) is 11.0. The van der Waals surface area contributed by atoms with Gasteiger partial charge < -0.3 is 15.4 Å². The molecule has 1 heterocycles. The number of carbonyl (C=O) groups excluding carboxylic acids is 1. The molecule has 0 radical (unpaired) electrons. The number of carbonyl (C=O) groups is 1. The average molecular weight is 344 g/mol. The van der Waals surface area contributed by atoms with E-state index >= 15 is 0 Å². The summed E-state index contributed by atoms with van der Waals surface area (Å²) in [6, 6.07) is 4.74. The lowest BCUT2D eigenvalue weighted by molar-refractivity contribution is -0.137. The normalized spacial score (nSPS) is 22.4. The molecule has 0 unspecified atom stereocenters. The Kier molecular flexibility index (Phi) is 5.13. The number of hydrogen-bond donors (Lipinski definition) is 1. The Labute approximate surface area is 139 Å². The highest BCUT2D eigenvalue weighted by molar-refractivity contribution is 5.68. The summed E-state index contributed by atoms with van der Waals surface area (Å²) in [6.45, 7) is 6.16. The number of halogens is 3. The minimum Gasteiger partial charge on any atom is -0.444 e. The lowest BCUT2D eigenvalue weighted by Crippen LogP contribution is -2.50. The van der Waals surface area contributed by atoms with Crippen molar-refractivity contribution in [3.05, 3.63) is 35.4 Å². The van der Waals surface area contributed by atoms with Crippen LogP contribution in [-0.2, 0) is 10.9 Å². The van der Waals surface area contributed by atoms with Gasteiger partial charge in [-0.05, 0) is 44.9 Å². The van der Waals surface area contributed by atoms with Crippen molar-refractivity contribution in [2.75, 3.05) is 13.1 Å². The molecule has 4 nitrogen and oxygen atoms in total. The van der Waals surface area contributed by atoms with E-state index < -0.39 is 23.4 Å². The lowest BCUT2D eigenvalue weighted by atomic mass is 9.85. The van der Waals surface area contributed by atoms with Gasteiger partial charge in [0, 0.05) is 25.0 Å². The van der Waals surface area contributed by atoms with Crippen LogP contribution < -0.4 is 5.73 Å². The number of hydrogen-bond acceptors (Lipinski definition) is 3. The summed E-state index contributed by atoms with van der Waals surface area (Å²) in [5.41, 5.74) is 5.67. The second kappa shape index (κ2) is 6.63. The van der Waals surface area contributed by atoms with Crippen molar-refractivity contribution in [2.24, 2.45) is 5.73 Å². The molecular formula is C17H23F3N2O2. The van der Waals surface area contributed by atoms with Crippen molar-refractivity contribution in [1.29, 1.82) is 0 Å². The molecule has 7 heteroatoms. The monoisotopic (exact) mass is 344 g/mol. The second-order valence-electron chi connectivity index (χ2n) is 7.11. The van der Waals surface area contributed by atoms with Crippen molar-refractivity contribution in [3.63, 3.8) is 0 Å². The number of likely N-dealkylation sites (tertiary alicyclic amines) is 1. The van der Waals surface area contributed by atoms with Crippen LogP contribution in [0, 0.1) is 0 Å². The first-order valence-corrected chi connectivity index (χ1v) is 7.88. The largest absolute Gasteiger partial charge is 0.444 e. The summed E-state index contributed by atoms with van der Waals surface area (Å²) in [5, 5.41) is 0. The number of nitrogens with zero attached hydrogens (tertiary/aromatic N) is 1. The Morgan fingerprint density at radius 1 is 1.21 bits per heavy atom. The van der Waals surface area contributed by atoms with E-state index in [2.05, 4.69) is 0 Å². The fourth-order valence-electron chi connectivity index (χ4n) is 2.81. The van der Waals surface area contributed by atoms with E-state index in [1.807, 2.05) is 0 Å². The molecule has 0 aromatic heterocycles. The van der Waals surface area contributed by atoms with Gasteiger partial charge in [-0.1, -0.05) is 12.1 Å². The first-order valence-electron chi connectivity index (χ1n) is 7.88. The highest BCUT2D eigenvalue weighted by atomic mass is 19.4. The maximum atomic E-state index is 12.6. The highest BCUT2D eigenvalue weighted by Crippen LogP contribution is 2.32. The Bertz CT molecular complexity index is 579. The van der Waals surface area contributed by atoms with Gasteiger partial charge in [-0.25, -0.2) is 4.79 Å². The fraction of sp³-hybridized carbons (Fsp3) is 0.588. The molecule has 1 aromatic rings. The van der Waals surface area contributed by atoms with Crippen molar-refractivity contribution in [1.82, 2.24) is 4.90 Å². The molecule has 1 aliphatic heterocycles. The predicted molar refractivity (Wildman–Crippen MR) is 84.6 cm³/mol. The van der Waals surface area contributed by atoms with Gasteiger partial charge in [-0.2, -0.15) is 13.2 Å². The van der Waals surface area contributed by atoms with E-state index in [0.29, 0.717) is 19.5 Å². The first kappa shape index (κ1) is 18.6. The molecule has 0 aliphatic carbocycles. The molecule has 1 aliphatic rings. The van der Waals surface area contributed by atoms with E-state index in [-0.39, 0.29) is 12.0 Å². The number of nitrogens with two attached hydrogens (primary N) is 1. The number of benzene rings is 1. The molecule has 2 atom stereocenters. The minimum atomic E-state index is -4.35. The summed E-state index contributed by atoms with van der Waals surface area (Å²) < 4.78 is 43.2. The summed E-state index contributed by atoms with van der Waals surface area (Å²) >= 11 is 0. The molecule has 2 N–H and O–H groups in total. The van der Waals surface area contributed by atoms with Crippen molar-refractivity contribution in [3.8, 4) is 0 Å². The quantitative estimate of drug-likeness (QED) is 0.844. The molecule has 134 valence electrons. The molecular weight excluding hydrogens is 321 g/mol. The maximum Gasteiger partial charge on any atom is 0.416 e. The van der Waals surface area contributed by atoms with Gasteiger partial charge in [0.15, 0.2) is 0 Å². The summed E-state index contributed by atoms with van der Waals surface area (Å²) in [7, 11) is 0. The third kappa shape index (κ3) is 4.63. The molecule has 1 saturated heterocycles. The minimum absolute atomic E-state index is 0.0778. The standard InChI is InChI=1S/C17H23F3N2O2/c1-16(2,3)24-15(23)22-9-8-13(14(21)10-22)11-4-6-12(7-5-11)17(18,19)20/h4-7,13-14H,8-10,21H2,1-3H3/t13-,14+/m0/s1. The molecule has 1 amide bonds. The van der Waals surface area contributed by atoms with Gasteiger partial charge in [-0.3, -0.25) is 0 Å². The zero-order valence-electron chi connectivity index (χ0n) is 14.1. The molecule has 0 spiro atoms. The van der Waals surface area contributed by atoms with Crippen molar-refractivity contribution in [2.45, 2.75) is 50.9 Å². The van der Waals surface area contributed by atoms with Crippen LogP contribution in [0.15, 0.2) is 24.3 Å². The lowest BCUT2D eigenvalue weighted by Gasteiger charge is -2.37. The molecule has 1 aromatic carbocycles. The Morgan fingerprint density at radius 3 is 2.25 bits per heavy atom. The fourth-order valence-corrected chi connectivity index (χ4v) is 2.81. The molecule has 0 bridgehead atoms. The number of amides is 1. The third-order valence-corrected chi connectivity index (χ3v) is 3.98. The van der Waals surface area contributed by atoms with Crippen LogP contribution in [0.3, 0.4) is 0 Å². The van der Waals surface area contributed by atoms with Gasteiger partial charge in [0.2, 0.25) is 0 Å². The number of piperidine rings is 1. The number of alkyl halides is 3. The molecule has 24 heavy (non-hydrogen) atoms. The smallest absolute Gasteiger partial charge is 0.416 e. The van der Waals surface area contributed by atoms with Gasteiger partial charge >= 0.3 is 12.3 Å². The maximum absolute atomic E-state index is 12.6. The highest BCUT2D eigenvalue weighted by Gasteiger charge is 2.34. The van der Waals surface area contributed by atoms with Crippen LogP contribution >= 0.6 is 0 Å². The van der Waals surface area contributed by atoms with Crippen LogP contribution in [0.1, 0.15) is 44.2 Å². The van der Waals surface area contributed by atoms with Crippen LogP contribution in [-0.4, -0.2) is 35.7 Å². The van der Waals surface area contributed by atoms with Crippen LogP contribution in [0.5, 0.6) is 0 Å². The topological polar surface area (TPSA) is 55.6 Å². The van der Waals surface area contributed by atoms with Gasteiger partial charge in [0.05, 0.1) is 5.56 Å². The molecule has 1 fully saturated rings. The van der Waals surface area contributed by atoms with Crippen LogP contribution in [0.4, 0.5) is 18.0 Å². The van der Waals surface area contributed by atoms with Gasteiger partial charge in [0.25, 0.3) is 0 Å². The van der Waals surface area contributed by atoms with E-state index in [9.17, 15) is 18.0 Å². The summed E-state index contributed by atoms with van der Waals surface area (Å²) in [5.74, 6) is -0.0778. The summed E-state index contributed by atoms with van der Waals surface area (Å²) in [6.07, 6.45) is -4.17. The SMILES string of the molecule is CC(C)(C)OC(=O)N1CC[C@@H](c2ccc(C(F)(F)F)cc2)[C@H](N)C1. The molecule has 2 rings (SSSR count). The average Bonchev–Trinajstić information content (AvgIpc) is 2.44. The number of ether oxygens (including phenoxy) is 1. The van der Waals surface area contributed by atoms with E-state index in [1.165, 1.54) is 12.1 Å². The summed E-state index contributed by atoms with van der Waals surface area (Å²) in [4.78, 5) is 13.6. The molecule has 0 saturated carbocycles. The zero-order valence-corrected chi connectivity index (χ0v) is 14.1. The zero-order chi connectivity index (χ0) is 18.1. The van der Waals surface area contributed by atoms with E-state index in [1.54, 1.807) is 25.7 Å².